The van der Waals surface area contributed by atoms with Crippen LogP contribution in [0.3, 0.4) is 0 Å². The Morgan fingerprint density at radius 3 is 2.50 bits per heavy atom. The number of carbonyl (C=O) groups is 2. The fourth-order valence-corrected chi connectivity index (χ4v) is 1.71. The second-order valence-electron chi connectivity index (χ2n) is 4.73. The van der Waals surface area contributed by atoms with Crippen LogP contribution in [0.4, 0.5) is 4.39 Å². The topological polar surface area (TPSA) is 75.6 Å². The van der Waals surface area contributed by atoms with E-state index >= 15 is 0 Å². The van der Waals surface area contributed by atoms with Gasteiger partial charge in [0.15, 0.2) is 0 Å². The van der Waals surface area contributed by atoms with E-state index in [4.69, 9.17) is 9.84 Å². The molecule has 0 saturated heterocycles. The maximum absolute atomic E-state index is 13.7. The van der Waals surface area contributed by atoms with E-state index in [9.17, 15) is 14.0 Å². The highest BCUT2D eigenvalue weighted by molar-refractivity contribution is 5.96. The van der Waals surface area contributed by atoms with Gasteiger partial charge in [-0.25, -0.2) is 9.18 Å². The van der Waals surface area contributed by atoms with Crippen LogP contribution in [-0.4, -0.2) is 36.7 Å². The van der Waals surface area contributed by atoms with Crippen LogP contribution in [0.1, 0.15) is 34.6 Å². The third-order valence-corrected chi connectivity index (χ3v) is 2.97. The molecule has 20 heavy (non-hydrogen) atoms. The van der Waals surface area contributed by atoms with Crippen molar-refractivity contribution < 1.29 is 23.8 Å². The van der Waals surface area contributed by atoms with Gasteiger partial charge in [-0.1, -0.05) is 13.8 Å². The predicted molar refractivity (Wildman–Crippen MR) is 71.3 cm³/mol. The van der Waals surface area contributed by atoms with Crippen LogP contribution in [-0.2, 0) is 4.74 Å². The molecule has 0 spiro atoms. The van der Waals surface area contributed by atoms with Crippen molar-refractivity contribution >= 4 is 11.9 Å². The minimum atomic E-state index is -1.24. The maximum Gasteiger partial charge on any atom is 0.335 e. The van der Waals surface area contributed by atoms with E-state index in [1.807, 2.05) is 13.8 Å². The molecule has 0 saturated carbocycles. The first-order chi connectivity index (χ1) is 9.36. The Kier molecular flexibility index (Phi) is 5.64. The van der Waals surface area contributed by atoms with Gasteiger partial charge in [0.05, 0.1) is 17.2 Å². The molecule has 1 atom stereocenters. The number of nitrogens with one attached hydrogen (secondary N) is 1. The number of rotatable bonds is 6. The van der Waals surface area contributed by atoms with E-state index in [2.05, 4.69) is 5.32 Å². The number of carbonyl (C=O) groups excluding carboxylic acids is 1. The highest BCUT2D eigenvalue weighted by Crippen LogP contribution is 2.11. The molecule has 0 fully saturated rings. The van der Waals surface area contributed by atoms with E-state index in [1.165, 1.54) is 6.07 Å². The summed E-state index contributed by atoms with van der Waals surface area (Å²) < 4.78 is 18.9. The van der Waals surface area contributed by atoms with E-state index in [1.54, 1.807) is 7.11 Å². The Morgan fingerprint density at radius 1 is 1.40 bits per heavy atom. The van der Waals surface area contributed by atoms with Gasteiger partial charge in [-0.15, -0.1) is 0 Å². The standard InChI is InChI=1S/C14H18FNO4/c1-8(2)12(20-3)7-16-13(17)10-5-4-9(14(18)19)6-11(10)15/h4-6,8,12H,7H2,1-3H3,(H,16,17)(H,18,19). The minimum absolute atomic E-state index is 0.166. The van der Waals surface area contributed by atoms with Gasteiger partial charge in [0, 0.05) is 13.7 Å². The van der Waals surface area contributed by atoms with Gasteiger partial charge >= 0.3 is 5.97 Å². The molecule has 1 unspecified atom stereocenters. The van der Waals surface area contributed by atoms with E-state index < -0.39 is 17.7 Å². The second-order valence-corrected chi connectivity index (χ2v) is 4.73. The molecule has 0 aliphatic carbocycles. The normalized spacial score (nSPS) is 12.2. The molecule has 1 amide bonds. The third-order valence-electron chi connectivity index (χ3n) is 2.97. The van der Waals surface area contributed by atoms with Crippen LogP contribution in [0.5, 0.6) is 0 Å². The van der Waals surface area contributed by atoms with Crippen molar-refractivity contribution in [3.8, 4) is 0 Å². The van der Waals surface area contributed by atoms with E-state index in [-0.39, 0.29) is 29.7 Å². The SMILES string of the molecule is COC(CNC(=O)c1ccc(C(=O)O)cc1F)C(C)C. The Morgan fingerprint density at radius 2 is 2.05 bits per heavy atom. The van der Waals surface area contributed by atoms with Crippen molar-refractivity contribution in [2.45, 2.75) is 20.0 Å². The average Bonchev–Trinajstić information content (AvgIpc) is 2.38. The predicted octanol–water partition coefficient (Wildman–Crippen LogP) is 1.92. The van der Waals surface area contributed by atoms with Gasteiger partial charge in [0.25, 0.3) is 5.91 Å². The number of aromatic carboxylic acids is 1. The van der Waals surface area contributed by atoms with Crippen LogP contribution in [0, 0.1) is 11.7 Å². The second kappa shape index (κ2) is 7.00. The molecule has 1 rings (SSSR count). The first kappa shape index (κ1) is 16.1. The zero-order chi connectivity index (χ0) is 15.3. The zero-order valence-electron chi connectivity index (χ0n) is 11.6. The highest BCUT2D eigenvalue weighted by Gasteiger charge is 2.17. The number of amides is 1. The van der Waals surface area contributed by atoms with Crippen molar-refractivity contribution in [1.82, 2.24) is 5.32 Å². The molecule has 0 bridgehead atoms. The molecule has 1 aromatic rings. The number of methoxy groups -OCH3 is 1. The number of benzene rings is 1. The van der Waals surface area contributed by atoms with Crippen LogP contribution in [0.2, 0.25) is 0 Å². The summed E-state index contributed by atoms with van der Waals surface area (Å²) >= 11 is 0. The number of halogens is 1. The van der Waals surface area contributed by atoms with Crippen LogP contribution < -0.4 is 5.32 Å². The van der Waals surface area contributed by atoms with E-state index in [0.717, 1.165) is 12.1 Å². The van der Waals surface area contributed by atoms with Crippen molar-refractivity contribution in [3.05, 3.63) is 35.1 Å². The quantitative estimate of drug-likeness (QED) is 0.836. The van der Waals surface area contributed by atoms with Gasteiger partial charge in [-0.05, 0) is 24.1 Å². The monoisotopic (exact) mass is 283 g/mol. The molecule has 0 aliphatic rings. The molecule has 0 radical (unpaired) electrons. The summed E-state index contributed by atoms with van der Waals surface area (Å²) in [4.78, 5) is 22.5. The number of hydrogen-bond donors (Lipinski definition) is 2. The number of hydrogen-bond acceptors (Lipinski definition) is 3. The molecule has 110 valence electrons. The fraction of sp³-hybridized carbons (Fsp3) is 0.429. The molecule has 0 aromatic heterocycles. The van der Waals surface area contributed by atoms with Crippen molar-refractivity contribution in [2.24, 2.45) is 5.92 Å². The molecular weight excluding hydrogens is 265 g/mol. The molecule has 1 aromatic carbocycles. The molecule has 5 nitrogen and oxygen atoms in total. The van der Waals surface area contributed by atoms with Crippen LogP contribution in [0.25, 0.3) is 0 Å². The largest absolute Gasteiger partial charge is 0.478 e. The third kappa shape index (κ3) is 4.03. The summed E-state index contributed by atoms with van der Waals surface area (Å²) in [7, 11) is 1.54. The summed E-state index contributed by atoms with van der Waals surface area (Å²) in [6.07, 6.45) is -0.166. The van der Waals surface area contributed by atoms with Gasteiger partial charge in [0.2, 0.25) is 0 Å². The lowest BCUT2D eigenvalue weighted by Crippen LogP contribution is -2.36. The lowest BCUT2D eigenvalue weighted by Gasteiger charge is -2.19. The van der Waals surface area contributed by atoms with Gasteiger partial charge in [-0.2, -0.15) is 0 Å². The van der Waals surface area contributed by atoms with Crippen molar-refractivity contribution in [3.63, 3.8) is 0 Å². The van der Waals surface area contributed by atoms with Crippen LogP contribution in [0.15, 0.2) is 18.2 Å². The molecule has 0 heterocycles. The van der Waals surface area contributed by atoms with Gasteiger partial charge < -0.3 is 15.2 Å². The number of ether oxygens (including phenoxy) is 1. The summed E-state index contributed by atoms with van der Waals surface area (Å²) in [5.74, 6) is -2.49. The lowest BCUT2D eigenvalue weighted by molar-refractivity contribution is 0.0603. The van der Waals surface area contributed by atoms with Gasteiger partial charge in [0.1, 0.15) is 5.82 Å². The summed E-state index contributed by atoms with van der Waals surface area (Å²) in [6, 6.07) is 3.18. The number of carboxylic acid groups (broad SMARTS) is 1. The summed E-state index contributed by atoms with van der Waals surface area (Å²) in [5, 5.41) is 11.3. The molecule has 2 N–H and O–H groups in total. The van der Waals surface area contributed by atoms with E-state index in [0.29, 0.717) is 0 Å². The Balaban J connectivity index is 2.75. The Hall–Kier alpha value is -1.95. The average molecular weight is 283 g/mol. The summed E-state index contributed by atoms with van der Waals surface area (Å²) in [5.41, 5.74) is -0.385. The maximum atomic E-state index is 13.7. The molecular formula is C14H18FNO4. The lowest BCUT2D eigenvalue weighted by atomic mass is 10.1. The van der Waals surface area contributed by atoms with Gasteiger partial charge in [-0.3, -0.25) is 4.79 Å². The Bertz CT molecular complexity index is 502. The Labute approximate surface area is 116 Å². The zero-order valence-corrected chi connectivity index (χ0v) is 11.6. The first-order valence-corrected chi connectivity index (χ1v) is 6.20. The molecule has 0 aliphatic heterocycles. The first-order valence-electron chi connectivity index (χ1n) is 6.20. The molecule has 6 heteroatoms. The van der Waals surface area contributed by atoms with Crippen LogP contribution >= 0.6 is 0 Å². The number of carboxylic acids is 1. The van der Waals surface area contributed by atoms with Crippen molar-refractivity contribution in [2.75, 3.05) is 13.7 Å². The minimum Gasteiger partial charge on any atom is -0.478 e. The fourth-order valence-electron chi connectivity index (χ4n) is 1.71. The summed E-state index contributed by atoms with van der Waals surface area (Å²) in [6.45, 7) is 4.15. The highest BCUT2D eigenvalue weighted by atomic mass is 19.1. The smallest absolute Gasteiger partial charge is 0.335 e. The van der Waals surface area contributed by atoms with Crippen molar-refractivity contribution in [1.29, 1.82) is 0 Å².